The van der Waals surface area contributed by atoms with E-state index in [0.29, 0.717) is 22.9 Å². The largest absolute Gasteiger partial charge is 0.454 e. The number of hydrogen-bond donors (Lipinski definition) is 1. The van der Waals surface area contributed by atoms with Gasteiger partial charge in [0.1, 0.15) is 17.3 Å². The Labute approximate surface area is 131 Å². The van der Waals surface area contributed by atoms with Gasteiger partial charge in [-0.2, -0.15) is 0 Å². The summed E-state index contributed by atoms with van der Waals surface area (Å²) in [5.74, 6) is 1.08. The Hall–Kier alpha value is -3.15. The van der Waals surface area contributed by atoms with Crippen molar-refractivity contribution < 1.29 is 18.7 Å². The van der Waals surface area contributed by atoms with E-state index in [4.69, 9.17) is 9.47 Å². The van der Waals surface area contributed by atoms with Gasteiger partial charge in [-0.15, -0.1) is 0 Å². The SMILES string of the molecule is O=C1NC(c2ccc(F)cc2)=N/C1=C/c1ccc2c(c1)OCO2. The molecule has 1 amide bonds. The van der Waals surface area contributed by atoms with Gasteiger partial charge in [0.05, 0.1) is 0 Å². The van der Waals surface area contributed by atoms with Gasteiger partial charge in [-0.25, -0.2) is 9.38 Å². The minimum absolute atomic E-state index is 0.197. The third-order valence-corrected chi connectivity index (χ3v) is 3.51. The van der Waals surface area contributed by atoms with Crippen LogP contribution in [0.5, 0.6) is 11.5 Å². The highest BCUT2D eigenvalue weighted by Gasteiger charge is 2.21. The number of amides is 1. The molecule has 0 saturated heterocycles. The van der Waals surface area contributed by atoms with Gasteiger partial charge in [0.15, 0.2) is 11.5 Å². The molecular weight excluding hydrogens is 299 g/mol. The smallest absolute Gasteiger partial charge is 0.275 e. The average molecular weight is 310 g/mol. The third-order valence-electron chi connectivity index (χ3n) is 3.51. The molecule has 114 valence electrons. The van der Waals surface area contributed by atoms with Crippen LogP contribution in [0.4, 0.5) is 4.39 Å². The highest BCUT2D eigenvalue weighted by molar-refractivity contribution is 6.19. The van der Waals surface area contributed by atoms with Gasteiger partial charge in [-0.1, -0.05) is 6.07 Å². The van der Waals surface area contributed by atoms with E-state index in [-0.39, 0.29) is 24.2 Å². The Bertz CT molecular complexity index is 857. The van der Waals surface area contributed by atoms with Gasteiger partial charge >= 0.3 is 0 Å². The van der Waals surface area contributed by atoms with Crippen LogP contribution in [0.3, 0.4) is 0 Å². The second kappa shape index (κ2) is 5.24. The summed E-state index contributed by atoms with van der Waals surface area (Å²) in [6, 6.07) is 11.2. The number of hydrogen-bond acceptors (Lipinski definition) is 4. The molecule has 0 aromatic heterocycles. The molecule has 4 rings (SSSR count). The van der Waals surface area contributed by atoms with E-state index >= 15 is 0 Å². The molecule has 0 spiro atoms. The minimum atomic E-state index is -0.338. The molecule has 23 heavy (non-hydrogen) atoms. The zero-order valence-corrected chi connectivity index (χ0v) is 11.9. The van der Waals surface area contributed by atoms with E-state index in [1.54, 1.807) is 30.3 Å². The number of rotatable bonds is 2. The van der Waals surface area contributed by atoms with E-state index in [0.717, 1.165) is 5.56 Å². The first kappa shape index (κ1) is 13.5. The van der Waals surface area contributed by atoms with E-state index in [9.17, 15) is 9.18 Å². The fourth-order valence-electron chi connectivity index (χ4n) is 2.37. The van der Waals surface area contributed by atoms with Crippen molar-refractivity contribution in [3.8, 4) is 11.5 Å². The molecule has 0 aliphatic carbocycles. The van der Waals surface area contributed by atoms with E-state index in [1.807, 2.05) is 6.07 Å². The number of fused-ring (bicyclic) bond motifs is 1. The van der Waals surface area contributed by atoms with Crippen LogP contribution in [0.15, 0.2) is 53.2 Å². The number of ether oxygens (including phenoxy) is 2. The molecule has 0 bridgehead atoms. The molecule has 0 radical (unpaired) electrons. The third kappa shape index (κ3) is 2.55. The van der Waals surface area contributed by atoms with Crippen molar-refractivity contribution in [2.75, 3.05) is 6.79 Å². The molecule has 0 fully saturated rings. The van der Waals surface area contributed by atoms with Crippen LogP contribution < -0.4 is 14.8 Å². The lowest BCUT2D eigenvalue weighted by Crippen LogP contribution is -2.24. The summed E-state index contributed by atoms with van der Waals surface area (Å²) >= 11 is 0. The van der Waals surface area contributed by atoms with Gasteiger partial charge in [0, 0.05) is 5.56 Å². The molecule has 0 saturated carbocycles. The van der Waals surface area contributed by atoms with Gasteiger partial charge < -0.3 is 14.8 Å². The van der Waals surface area contributed by atoms with Crippen LogP contribution in [0, 0.1) is 5.82 Å². The molecule has 2 aliphatic rings. The zero-order chi connectivity index (χ0) is 15.8. The van der Waals surface area contributed by atoms with Crippen LogP contribution in [0.25, 0.3) is 6.08 Å². The molecule has 6 heteroatoms. The van der Waals surface area contributed by atoms with Gasteiger partial charge in [0.25, 0.3) is 5.91 Å². The number of benzene rings is 2. The fraction of sp³-hybridized carbons (Fsp3) is 0.0588. The average Bonchev–Trinajstić information content (AvgIpc) is 3.15. The minimum Gasteiger partial charge on any atom is -0.454 e. The lowest BCUT2D eigenvalue weighted by Gasteiger charge is -1.99. The first-order chi connectivity index (χ1) is 11.2. The van der Waals surface area contributed by atoms with E-state index in [1.165, 1.54) is 12.1 Å². The topological polar surface area (TPSA) is 59.9 Å². The number of carbonyl (C=O) groups excluding carboxylic acids is 1. The van der Waals surface area contributed by atoms with Gasteiger partial charge in [-0.05, 0) is 48.0 Å². The van der Waals surface area contributed by atoms with Crippen LogP contribution in [-0.4, -0.2) is 18.5 Å². The van der Waals surface area contributed by atoms with Crippen LogP contribution >= 0.6 is 0 Å². The molecular formula is C17H11FN2O3. The zero-order valence-electron chi connectivity index (χ0n) is 11.9. The van der Waals surface area contributed by atoms with Crippen LogP contribution in [-0.2, 0) is 4.79 Å². The quantitative estimate of drug-likeness (QED) is 0.867. The summed E-state index contributed by atoms with van der Waals surface area (Å²) in [5, 5.41) is 2.68. The molecule has 2 heterocycles. The molecule has 2 aliphatic heterocycles. The van der Waals surface area contributed by atoms with Crippen molar-refractivity contribution in [3.05, 3.63) is 65.1 Å². The van der Waals surface area contributed by atoms with E-state index < -0.39 is 0 Å². The number of carbonyl (C=O) groups is 1. The molecule has 0 unspecified atom stereocenters. The van der Waals surface area contributed by atoms with Crippen molar-refractivity contribution in [2.24, 2.45) is 4.99 Å². The van der Waals surface area contributed by atoms with Gasteiger partial charge in [0.2, 0.25) is 6.79 Å². The maximum Gasteiger partial charge on any atom is 0.275 e. The Kier molecular flexibility index (Phi) is 3.08. The number of halogens is 1. The number of nitrogens with one attached hydrogen (secondary N) is 1. The highest BCUT2D eigenvalue weighted by atomic mass is 19.1. The standard InChI is InChI=1S/C17H11FN2O3/c18-12-4-2-11(3-5-12)16-19-13(17(21)20-16)7-10-1-6-14-15(8-10)23-9-22-14/h1-8H,9H2,(H,19,20,21)/b13-7+. The summed E-state index contributed by atoms with van der Waals surface area (Å²) < 4.78 is 23.5. The summed E-state index contributed by atoms with van der Waals surface area (Å²) in [6.07, 6.45) is 1.66. The van der Waals surface area contributed by atoms with Crippen molar-refractivity contribution in [2.45, 2.75) is 0 Å². The summed E-state index contributed by atoms with van der Waals surface area (Å²) in [5.41, 5.74) is 1.71. The molecule has 0 atom stereocenters. The number of aliphatic imine (C=N–C) groups is 1. The molecule has 5 nitrogen and oxygen atoms in total. The normalized spacial score (nSPS) is 17.3. The Morgan fingerprint density at radius 3 is 2.70 bits per heavy atom. The summed E-state index contributed by atoms with van der Waals surface area (Å²) in [7, 11) is 0. The maximum atomic E-state index is 13.0. The van der Waals surface area contributed by atoms with Crippen molar-refractivity contribution in [3.63, 3.8) is 0 Å². The fourth-order valence-corrected chi connectivity index (χ4v) is 2.37. The van der Waals surface area contributed by atoms with Crippen molar-refractivity contribution >= 4 is 17.8 Å². The Morgan fingerprint density at radius 1 is 1.09 bits per heavy atom. The van der Waals surface area contributed by atoms with Crippen molar-refractivity contribution in [1.82, 2.24) is 5.32 Å². The predicted molar refractivity (Wildman–Crippen MR) is 81.6 cm³/mol. The first-order valence-electron chi connectivity index (χ1n) is 6.96. The van der Waals surface area contributed by atoms with E-state index in [2.05, 4.69) is 10.3 Å². The second-order valence-corrected chi connectivity index (χ2v) is 5.06. The van der Waals surface area contributed by atoms with Crippen LogP contribution in [0.2, 0.25) is 0 Å². The summed E-state index contributed by atoms with van der Waals surface area (Å²) in [6.45, 7) is 0.197. The first-order valence-corrected chi connectivity index (χ1v) is 6.96. The highest BCUT2D eigenvalue weighted by Crippen LogP contribution is 2.33. The molecule has 2 aromatic carbocycles. The lowest BCUT2D eigenvalue weighted by atomic mass is 10.1. The van der Waals surface area contributed by atoms with Crippen molar-refractivity contribution in [1.29, 1.82) is 0 Å². The second-order valence-electron chi connectivity index (χ2n) is 5.06. The monoisotopic (exact) mass is 310 g/mol. The molecule has 1 N–H and O–H groups in total. The molecule has 2 aromatic rings. The maximum absolute atomic E-state index is 13.0. The summed E-state index contributed by atoms with van der Waals surface area (Å²) in [4.78, 5) is 16.3. The predicted octanol–water partition coefficient (Wildman–Crippen LogP) is 2.47. The Balaban J connectivity index is 1.65. The number of amidine groups is 1. The lowest BCUT2D eigenvalue weighted by molar-refractivity contribution is -0.115. The number of nitrogens with zero attached hydrogens (tertiary/aromatic N) is 1. The Morgan fingerprint density at radius 2 is 1.87 bits per heavy atom. The van der Waals surface area contributed by atoms with Crippen LogP contribution in [0.1, 0.15) is 11.1 Å². The van der Waals surface area contributed by atoms with Gasteiger partial charge in [-0.3, -0.25) is 4.79 Å².